The van der Waals surface area contributed by atoms with Gasteiger partial charge in [0.05, 0.1) is 0 Å². The van der Waals surface area contributed by atoms with Crippen molar-refractivity contribution in [2.45, 2.75) is 27.7 Å². The third-order valence-corrected chi connectivity index (χ3v) is 4.25. The van der Waals surface area contributed by atoms with Gasteiger partial charge in [0, 0.05) is 30.7 Å². The summed E-state index contributed by atoms with van der Waals surface area (Å²) in [6, 6.07) is 13.9. The van der Waals surface area contributed by atoms with E-state index in [4.69, 9.17) is 0 Å². The molecule has 0 heterocycles. The van der Waals surface area contributed by atoms with Gasteiger partial charge in [-0.2, -0.15) is 0 Å². The molecule has 0 saturated heterocycles. The summed E-state index contributed by atoms with van der Waals surface area (Å²) in [5.41, 5.74) is 5.29. The first-order chi connectivity index (χ1) is 12.0. The highest BCUT2D eigenvalue weighted by atomic mass is 16.2. The Balaban J connectivity index is 1.97. The van der Waals surface area contributed by atoms with Crippen LogP contribution in [0, 0.1) is 13.8 Å². The van der Waals surface area contributed by atoms with E-state index in [1.807, 2.05) is 56.3 Å². The SMILES string of the molecule is CCN(CC)c1ccc(NC(=O)N/C=C/c2ccccc2C)c(C)c1. The second kappa shape index (κ2) is 8.92. The minimum absolute atomic E-state index is 0.247. The van der Waals surface area contributed by atoms with Crippen molar-refractivity contribution >= 4 is 23.5 Å². The van der Waals surface area contributed by atoms with E-state index >= 15 is 0 Å². The van der Waals surface area contributed by atoms with Gasteiger partial charge in [0.25, 0.3) is 0 Å². The number of aryl methyl sites for hydroxylation is 2. The number of carbonyl (C=O) groups is 1. The van der Waals surface area contributed by atoms with E-state index in [1.54, 1.807) is 6.20 Å². The average Bonchev–Trinajstić information content (AvgIpc) is 2.60. The fourth-order valence-corrected chi connectivity index (χ4v) is 2.71. The average molecular weight is 337 g/mol. The van der Waals surface area contributed by atoms with Crippen molar-refractivity contribution in [1.82, 2.24) is 5.32 Å². The monoisotopic (exact) mass is 337 g/mol. The van der Waals surface area contributed by atoms with Crippen LogP contribution in [0.5, 0.6) is 0 Å². The number of urea groups is 1. The molecule has 2 rings (SSSR count). The summed E-state index contributed by atoms with van der Waals surface area (Å²) in [5.74, 6) is 0. The van der Waals surface area contributed by atoms with E-state index in [-0.39, 0.29) is 6.03 Å². The number of hydrogen-bond acceptors (Lipinski definition) is 2. The molecule has 132 valence electrons. The van der Waals surface area contributed by atoms with Crippen molar-refractivity contribution in [3.8, 4) is 0 Å². The normalized spacial score (nSPS) is 10.7. The lowest BCUT2D eigenvalue weighted by molar-refractivity contribution is 0.255. The van der Waals surface area contributed by atoms with Gasteiger partial charge in [-0.15, -0.1) is 0 Å². The van der Waals surface area contributed by atoms with Crippen LogP contribution < -0.4 is 15.5 Å². The van der Waals surface area contributed by atoms with Crippen molar-refractivity contribution in [2.24, 2.45) is 0 Å². The Bertz CT molecular complexity index is 749. The van der Waals surface area contributed by atoms with E-state index in [2.05, 4.69) is 35.4 Å². The molecule has 0 aliphatic carbocycles. The second-order valence-electron chi connectivity index (χ2n) is 5.96. The molecule has 0 aliphatic rings. The Morgan fingerprint density at radius 1 is 1.04 bits per heavy atom. The van der Waals surface area contributed by atoms with E-state index < -0.39 is 0 Å². The number of hydrogen-bond donors (Lipinski definition) is 2. The van der Waals surface area contributed by atoms with Crippen molar-refractivity contribution in [3.05, 3.63) is 65.4 Å². The Kier molecular flexibility index (Phi) is 6.63. The molecule has 4 nitrogen and oxygen atoms in total. The predicted octanol–water partition coefficient (Wildman–Crippen LogP) is 4.94. The summed E-state index contributed by atoms with van der Waals surface area (Å²) in [6.07, 6.45) is 3.56. The molecule has 0 unspecified atom stereocenters. The molecule has 0 aliphatic heterocycles. The number of amides is 2. The van der Waals surface area contributed by atoms with Crippen LogP contribution in [-0.2, 0) is 0 Å². The van der Waals surface area contributed by atoms with Gasteiger partial charge in [0.2, 0.25) is 0 Å². The van der Waals surface area contributed by atoms with E-state index in [9.17, 15) is 4.79 Å². The topological polar surface area (TPSA) is 44.4 Å². The summed E-state index contributed by atoms with van der Waals surface area (Å²) >= 11 is 0. The van der Waals surface area contributed by atoms with Crippen LogP contribution in [0.1, 0.15) is 30.5 Å². The number of carbonyl (C=O) groups excluding carboxylic acids is 1. The highest BCUT2D eigenvalue weighted by Gasteiger charge is 2.07. The third kappa shape index (κ3) is 5.11. The molecule has 0 atom stereocenters. The van der Waals surface area contributed by atoms with E-state index in [0.717, 1.165) is 29.9 Å². The largest absolute Gasteiger partial charge is 0.372 e. The molecule has 0 bridgehead atoms. The molecule has 0 aromatic heterocycles. The van der Waals surface area contributed by atoms with E-state index in [1.165, 1.54) is 11.3 Å². The van der Waals surface area contributed by atoms with Gasteiger partial charge >= 0.3 is 6.03 Å². The van der Waals surface area contributed by atoms with Crippen LogP contribution in [-0.4, -0.2) is 19.1 Å². The summed E-state index contributed by atoms with van der Waals surface area (Å²) in [5, 5.41) is 5.65. The second-order valence-corrected chi connectivity index (χ2v) is 5.96. The highest BCUT2D eigenvalue weighted by Crippen LogP contribution is 2.22. The maximum atomic E-state index is 12.1. The quantitative estimate of drug-likeness (QED) is 0.784. The molecular formula is C21H27N3O. The van der Waals surface area contributed by atoms with Crippen LogP contribution in [0.3, 0.4) is 0 Å². The van der Waals surface area contributed by atoms with Gasteiger partial charge in [-0.25, -0.2) is 4.79 Å². The zero-order valence-electron chi connectivity index (χ0n) is 15.5. The molecule has 25 heavy (non-hydrogen) atoms. The first-order valence-corrected chi connectivity index (χ1v) is 8.70. The maximum absolute atomic E-state index is 12.1. The number of benzene rings is 2. The minimum Gasteiger partial charge on any atom is -0.372 e. The first kappa shape index (κ1) is 18.6. The molecule has 2 aromatic rings. The lowest BCUT2D eigenvalue weighted by Crippen LogP contribution is -2.25. The van der Waals surface area contributed by atoms with Gasteiger partial charge in [-0.1, -0.05) is 24.3 Å². The molecule has 2 amide bonds. The Hall–Kier alpha value is -2.75. The van der Waals surface area contributed by atoms with Crippen LogP contribution in [0.4, 0.5) is 16.2 Å². The number of rotatable bonds is 6. The smallest absolute Gasteiger partial charge is 0.323 e. The van der Waals surface area contributed by atoms with Crippen molar-refractivity contribution < 1.29 is 4.79 Å². The fourth-order valence-electron chi connectivity index (χ4n) is 2.71. The summed E-state index contributed by atoms with van der Waals surface area (Å²) in [7, 11) is 0. The minimum atomic E-state index is -0.247. The summed E-state index contributed by atoms with van der Waals surface area (Å²) < 4.78 is 0. The van der Waals surface area contributed by atoms with Crippen LogP contribution in [0.25, 0.3) is 6.08 Å². The molecule has 0 saturated carbocycles. The molecule has 2 aromatic carbocycles. The van der Waals surface area contributed by atoms with E-state index in [0.29, 0.717) is 0 Å². The highest BCUT2D eigenvalue weighted by molar-refractivity contribution is 5.91. The van der Waals surface area contributed by atoms with Gasteiger partial charge in [-0.3, -0.25) is 0 Å². The van der Waals surface area contributed by atoms with Crippen molar-refractivity contribution in [1.29, 1.82) is 0 Å². The van der Waals surface area contributed by atoms with Gasteiger partial charge < -0.3 is 15.5 Å². The molecular weight excluding hydrogens is 310 g/mol. The Morgan fingerprint density at radius 3 is 2.40 bits per heavy atom. The zero-order valence-corrected chi connectivity index (χ0v) is 15.5. The van der Waals surface area contributed by atoms with Crippen molar-refractivity contribution in [3.63, 3.8) is 0 Å². The van der Waals surface area contributed by atoms with Crippen LogP contribution in [0.2, 0.25) is 0 Å². The molecule has 0 radical (unpaired) electrons. The lowest BCUT2D eigenvalue weighted by Gasteiger charge is -2.22. The molecule has 0 spiro atoms. The zero-order chi connectivity index (χ0) is 18.2. The van der Waals surface area contributed by atoms with Crippen molar-refractivity contribution in [2.75, 3.05) is 23.3 Å². The number of anilines is 2. The molecule has 2 N–H and O–H groups in total. The van der Waals surface area contributed by atoms with Gasteiger partial charge in [0.1, 0.15) is 0 Å². The number of nitrogens with one attached hydrogen (secondary N) is 2. The maximum Gasteiger partial charge on any atom is 0.323 e. The van der Waals surface area contributed by atoms with Gasteiger partial charge in [0.15, 0.2) is 0 Å². The summed E-state index contributed by atoms with van der Waals surface area (Å²) in [6.45, 7) is 10.3. The lowest BCUT2D eigenvalue weighted by atomic mass is 10.1. The third-order valence-electron chi connectivity index (χ3n) is 4.25. The Morgan fingerprint density at radius 2 is 1.76 bits per heavy atom. The first-order valence-electron chi connectivity index (χ1n) is 8.70. The summed E-state index contributed by atoms with van der Waals surface area (Å²) in [4.78, 5) is 14.4. The number of nitrogens with zero attached hydrogens (tertiary/aromatic N) is 1. The molecule has 4 heteroatoms. The van der Waals surface area contributed by atoms with Crippen LogP contribution >= 0.6 is 0 Å². The van der Waals surface area contributed by atoms with Crippen LogP contribution in [0.15, 0.2) is 48.7 Å². The standard InChI is InChI=1S/C21H27N3O/c1-5-24(6-2)19-11-12-20(17(4)15-19)23-21(25)22-14-13-18-10-8-7-9-16(18)3/h7-15H,5-6H2,1-4H3,(H2,22,23,25)/b14-13+. The fraction of sp³-hybridized carbons (Fsp3) is 0.286. The predicted molar refractivity (Wildman–Crippen MR) is 107 cm³/mol. The van der Waals surface area contributed by atoms with Gasteiger partial charge in [-0.05, 0) is 68.7 Å². The Labute approximate surface area is 150 Å². The molecule has 0 fully saturated rings.